The van der Waals surface area contributed by atoms with Crippen LogP contribution in [0.4, 0.5) is 0 Å². The molecule has 4 aromatic carbocycles. The molecule has 43 heavy (non-hydrogen) atoms. The second-order valence-corrected chi connectivity index (χ2v) is 11.3. The molecule has 0 unspecified atom stereocenters. The molecular formula is C37H23BrN4O. The van der Waals surface area contributed by atoms with E-state index in [1.54, 1.807) is 7.11 Å². The number of rotatable bonds is 4. The summed E-state index contributed by atoms with van der Waals surface area (Å²) in [5.74, 6) is 0.820. The lowest BCUT2D eigenvalue weighted by molar-refractivity contribution is 0.415. The van der Waals surface area contributed by atoms with Crippen LogP contribution in [0.5, 0.6) is 5.75 Å². The largest absolute Gasteiger partial charge is 0.497 e. The molecule has 0 atom stereocenters. The number of hydrogen-bond donors (Lipinski definition) is 0. The zero-order valence-electron chi connectivity index (χ0n) is 23.1. The first kappa shape index (κ1) is 25.5. The van der Waals surface area contributed by atoms with E-state index in [0.717, 1.165) is 87.7 Å². The molecular weight excluding hydrogens is 596 g/mol. The summed E-state index contributed by atoms with van der Waals surface area (Å²) >= 11 is 3.52. The molecule has 0 aliphatic heterocycles. The fraction of sp³-hybridized carbons (Fsp3) is 0.0270. The Kier molecular flexibility index (Phi) is 6.09. The molecule has 0 N–H and O–H groups in total. The van der Waals surface area contributed by atoms with E-state index < -0.39 is 0 Å². The average molecular weight is 620 g/mol. The SMILES string of the molecule is COc1ccc(-c2ccc3ccc4ccc(-c5cccc(-c6ccc7ccc8ccc(Br)nc8c7n6)c5)nc4c3n2)cc1. The van der Waals surface area contributed by atoms with Gasteiger partial charge in [0.1, 0.15) is 10.4 Å². The van der Waals surface area contributed by atoms with Crippen molar-refractivity contribution in [1.29, 1.82) is 0 Å². The van der Waals surface area contributed by atoms with Crippen molar-refractivity contribution in [3.8, 4) is 39.5 Å². The van der Waals surface area contributed by atoms with Gasteiger partial charge < -0.3 is 4.74 Å². The number of benzene rings is 4. The normalized spacial score (nSPS) is 11.5. The summed E-state index contributed by atoms with van der Waals surface area (Å²) in [4.78, 5) is 20.0. The molecule has 4 aromatic heterocycles. The van der Waals surface area contributed by atoms with Crippen LogP contribution in [-0.4, -0.2) is 27.0 Å². The average Bonchev–Trinajstić information content (AvgIpc) is 3.07. The maximum atomic E-state index is 5.33. The zero-order chi connectivity index (χ0) is 28.9. The van der Waals surface area contributed by atoms with Crippen molar-refractivity contribution >= 4 is 59.5 Å². The van der Waals surface area contributed by atoms with E-state index in [0.29, 0.717) is 0 Å². The summed E-state index contributed by atoms with van der Waals surface area (Å²) in [7, 11) is 1.67. The fourth-order valence-electron chi connectivity index (χ4n) is 5.59. The van der Waals surface area contributed by atoms with E-state index in [4.69, 9.17) is 24.7 Å². The summed E-state index contributed by atoms with van der Waals surface area (Å²) < 4.78 is 6.12. The number of halogens is 1. The van der Waals surface area contributed by atoms with Crippen LogP contribution in [0, 0.1) is 0 Å². The van der Waals surface area contributed by atoms with Crippen LogP contribution < -0.4 is 4.74 Å². The van der Waals surface area contributed by atoms with Gasteiger partial charge in [0.15, 0.2) is 0 Å². The van der Waals surface area contributed by atoms with Crippen LogP contribution in [-0.2, 0) is 0 Å². The van der Waals surface area contributed by atoms with E-state index in [9.17, 15) is 0 Å². The van der Waals surface area contributed by atoms with Gasteiger partial charge in [0.2, 0.25) is 0 Å². The molecule has 0 saturated heterocycles. The lowest BCUT2D eigenvalue weighted by Gasteiger charge is -2.10. The van der Waals surface area contributed by atoms with E-state index in [1.165, 1.54) is 0 Å². The van der Waals surface area contributed by atoms with Crippen molar-refractivity contribution in [2.45, 2.75) is 0 Å². The lowest BCUT2D eigenvalue weighted by atomic mass is 10.0. The standard InChI is InChI=1S/C37H23BrN4O/c1-43-29-15-9-22(10-16-29)30-17-11-23-5-6-24-12-18-31(40-35(24)34(23)39-30)27-3-2-4-28(21-27)32-19-13-25-7-8-26-14-20-33(38)42-37(26)36(25)41-32/h2-21H,1H3. The summed E-state index contributed by atoms with van der Waals surface area (Å²) in [5.41, 5.74) is 9.26. The van der Waals surface area contributed by atoms with E-state index in [2.05, 4.69) is 107 Å². The Morgan fingerprint density at radius 2 is 0.860 bits per heavy atom. The first-order valence-corrected chi connectivity index (χ1v) is 14.7. The summed E-state index contributed by atoms with van der Waals surface area (Å²) in [6, 6.07) is 41.3. The van der Waals surface area contributed by atoms with E-state index >= 15 is 0 Å². The minimum Gasteiger partial charge on any atom is -0.497 e. The first-order chi connectivity index (χ1) is 21.1. The monoisotopic (exact) mass is 618 g/mol. The molecule has 8 rings (SSSR count). The minimum atomic E-state index is 0.794. The predicted octanol–water partition coefficient (Wildman–Crippen LogP) is 9.65. The fourth-order valence-corrected chi connectivity index (χ4v) is 5.90. The number of aromatic nitrogens is 4. The molecule has 0 bridgehead atoms. The van der Waals surface area contributed by atoms with Crippen molar-refractivity contribution in [3.05, 3.63) is 126 Å². The Morgan fingerprint density at radius 3 is 1.35 bits per heavy atom. The number of methoxy groups -OCH3 is 1. The summed E-state index contributed by atoms with van der Waals surface area (Å²) in [6.07, 6.45) is 0. The van der Waals surface area contributed by atoms with Gasteiger partial charge in [0.05, 0.1) is 46.3 Å². The second-order valence-electron chi connectivity index (χ2n) is 10.5. The zero-order valence-corrected chi connectivity index (χ0v) is 24.7. The van der Waals surface area contributed by atoms with Gasteiger partial charge in [-0.15, -0.1) is 0 Å². The van der Waals surface area contributed by atoms with E-state index in [-0.39, 0.29) is 0 Å². The maximum Gasteiger partial charge on any atom is 0.118 e. The molecule has 0 aliphatic rings. The number of pyridine rings is 4. The van der Waals surface area contributed by atoms with Crippen molar-refractivity contribution in [1.82, 2.24) is 19.9 Å². The third kappa shape index (κ3) is 4.57. The summed E-state index contributed by atoms with van der Waals surface area (Å²) in [5, 5.41) is 4.22. The highest BCUT2D eigenvalue weighted by Gasteiger charge is 2.11. The molecule has 4 heterocycles. The van der Waals surface area contributed by atoms with Gasteiger partial charge >= 0.3 is 0 Å². The Hall–Kier alpha value is -5.20. The van der Waals surface area contributed by atoms with Gasteiger partial charge in [0.25, 0.3) is 0 Å². The number of hydrogen-bond acceptors (Lipinski definition) is 5. The minimum absolute atomic E-state index is 0.794. The smallest absolute Gasteiger partial charge is 0.118 e. The Balaban J connectivity index is 1.23. The van der Waals surface area contributed by atoms with Gasteiger partial charge in [-0.25, -0.2) is 19.9 Å². The molecule has 8 aromatic rings. The first-order valence-electron chi connectivity index (χ1n) is 13.9. The van der Waals surface area contributed by atoms with Gasteiger partial charge in [-0.3, -0.25) is 0 Å². The van der Waals surface area contributed by atoms with Crippen LogP contribution in [0.2, 0.25) is 0 Å². The molecule has 0 radical (unpaired) electrons. The van der Waals surface area contributed by atoms with Gasteiger partial charge in [-0.05, 0) is 70.5 Å². The topological polar surface area (TPSA) is 60.8 Å². The van der Waals surface area contributed by atoms with Crippen molar-refractivity contribution in [3.63, 3.8) is 0 Å². The maximum absolute atomic E-state index is 5.33. The van der Waals surface area contributed by atoms with Crippen LogP contribution in [0.1, 0.15) is 0 Å². The highest BCUT2D eigenvalue weighted by Crippen LogP contribution is 2.32. The molecule has 0 spiro atoms. The van der Waals surface area contributed by atoms with Gasteiger partial charge in [-0.1, -0.05) is 66.7 Å². The third-order valence-corrected chi connectivity index (χ3v) is 8.29. The van der Waals surface area contributed by atoms with Crippen molar-refractivity contribution in [2.24, 2.45) is 0 Å². The molecule has 0 saturated carbocycles. The lowest BCUT2D eigenvalue weighted by Crippen LogP contribution is -1.92. The molecule has 0 amide bonds. The van der Waals surface area contributed by atoms with Crippen LogP contribution in [0.3, 0.4) is 0 Å². The number of ether oxygens (including phenoxy) is 1. The van der Waals surface area contributed by atoms with Crippen molar-refractivity contribution in [2.75, 3.05) is 7.11 Å². The van der Waals surface area contributed by atoms with Gasteiger partial charge in [-0.2, -0.15) is 0 Å². The quantitative estimate of drug-likeness (QED) is 0.145. The molecule has 6 heteroatoms. The molecule has 0 fully saturated rings. The summed E-state index contributed by atoms with van der Waals surface area (Å²) in [6.45, 7) is 0. The van der Waals surface area contributed by atoms with Crippen molar-refractivity contribution < 1.29 is 4.74 Å². The third-order valence-electron chi connectivity index (χ3n) is 7.85. The Morgan fingerprint density at radius 1 is 0.442 bits per heavy atom. The predicted molar refractivity (Wildman–Crippen MR) is 178 cm³/mol. The highest BCUT2D eigenvalue weighted by molar-refractivity contribution is 9.10. The van der Waals surface area contributed by atoms with Crippen LogP contribution in [0.15, 0.2) is 126 Å². The second kappa shape index (κ2) is 10.3. The van der Waals surface area contributed by atoms with E-state index in [1.807, 2.05) is 30.3 Å². The Labute approximate surface area is 256 Å². The highest BCUT2D eigenvalue weighted by atomic mass is 79.9. The number of fused-ring (bicyclic) bond motifs is 6. The van der Waals surface area contributed by atoms with Gasteiger partial charge in [0, 0.05) is 38.2 Å². The Bertz CT molecular complexity index is 2350. The number of nitrogens with zero attached hydrogens (tertiary/aromatic N) is 4. The molecule has 0 aliphatic carbocycles. The molecule has 204 valence electrons. The molecule has 5 nitrogen and oxygen atoms in total. The van der Waals surface area contributed by atoms with Crippen LogP contribution >= 0.6 is 15.9 Å². The van der Waals surface area contributed by atoms with Crippen LogP contribution in [0.25, 0.3) is 77.4 Å².